The van der Waals surface area contributed by atoms with E-state index in [1.54, 1.807) is 37.3 Å². The molecule has 0 spiro atoms. The molecule has 1 rings (SSSR count). The number of carbonyl (C=O) groups excluding carboxylic acids is 2. The average molecular weight is 358 g/mol. The molecule has 0 unspecified atom stereocenters. The lowest BCUT2D eigenvalue weighted by atomic mass is 10.2. The van der Waals surface area contributed by atoms with Crippen LogP contribution < -0.4 is 10.6 Å². The zero-order valence-corrected chi connectivity index (χ0v) is 15.5. The molecule has 1 amide bonds. The number of nitriles is 1. The van der Waals surface area contributed by atoms with Gasteiger partial charge < -0.3 is 20.3 Å². The largest absolute Gasteiger partial charge is 0.462 e. The van der Waals surface area contributed by atoms with Crippen molar-refractivity contribution in [1.82, 2.24) is 10.2 Å². The number of carbonyl (C=O) groups is 2. The molecular formula is C19H26N4O3. The Bertz CT molecular complexity index is 658. The van der Waals surface area contributed by atoms with E-state index in [-0.39, 0.29) is 18.1 Å². The van der Waals surface area contributed by atoms with Crippen molar-refractivity contribution < 1.29 is 14.3 Å². The fourth-order valence-corrected chi connectivity index (χ4v) is 2.19. The fraction of sp³-hybridized carbons (Fsp3) is 0.421. The van der Waals surface area contributed by atoms with Crippen molar-refractivity contribution in [3.05, 3.63) is 41.6 Å². The molecule has 26 heavy (non-hydrogen) atoms. The zero-order valence-electron chi connectivity index (χ0n) is 15.5. The van der Waals surface area contributed by atoms with Gasteiger partial charge in [-0.15, -0.1) is 0 Å². The number of amides is 1. The van der Waals surface area contributed by atoms with Gasteiger partial charge in [0.2, 0.25) is 0 Å². The standard InChI is InChI=1S/C19H26N4O3/c1-4-23(5-2)12-11-21-18(24)15-7-9-17(10-8-15)22-14-16(13-20)19(25)26-6-3/h7-10,14,22H,4-6,11-12H2,1-3H3,(H,21,24)/b16-14+. The number of nitrogens with one attached hydrogen (secondary N) is 2. The van der Waals surface area contributed by atoms with Gasteiger partial charge in [0.05, 0.1) is 6.61 Å². The van der Waals surface area contributed by atoms with Gasteiger partial charge in [-0.3, -0.25) is 4.79 Å². The van der Waals surface area contributed by atoms with Crippen LogP contribution >= 0.6 is 0 Å². The minimum Gasteiger partial charge on any atom is -0.462 e. The minimum absolute atomic E-state index is 0.120. The van der Waals surface area contributed by atoms with Gasteiger partial charge in [0.1, 0.15) is 6.07 Å². The normalized spacial score (nSPS) is 11.0. The summed E-state index contributed by atoms with van der Waals surface area (Å²) in [5.74, 6) is -0.810. The van der Waals surface area contributed by atoms with E-state index >= 15 is 0 Å². The molecule has 0 heterocycles. The highest BCUT2D eigenvalue weighted by Crippen LogP contribution is 2.10. The second kappa shape index (κ2) is 11.7. The predicted molar refractivity (Wildman–Crippen MR) is 101 cm³/mol. The molecule has 140 valence electrons. The second-order valence-electron chi connectivity index (χ2n) is 5.39. The van der Waals surface area contributed by atoms with Crippen LogP contribution in [0.5, 0.6) is 0 Å². The molecule has 0 bridgehead atoms. The summed E-state index contributed by atoms with van der Waals surface area (Å²) >= 11 is 0. The lowest BCUT2D eigenvalue weighted by Gasteiger charge is -2.17. The number of ether oxygens (including phenoxy) is 1. The van der Waals surface area contributed by atoms with E-state index in [0.29, 0.717) is 17.8 Å². The summed E-state index contributed by atoms with van der Waals surface area (Å²) in [6, 6.07) is 8.55. The van der Waals surface area contributed by atoms with Gasteiger partial charge in [-0.1, -0.05) is 13.8 Å². The maximum atomic E-state index is 12.1. The third-order valence-electron chi connectivity index (χ3n) is 3.75. The van der Waals surface area contributed by atoms with Crippen molar-refractivity contribution in [3.8, 4) is 6.07 Å². The Labute approximate surface area is 154 Å². The van der Waals surface area contributed by atoms with Crippen molar-refractivity contribution in [3.63, 3.8) is 0 Å². The number of hydrogen-bond donors (Lipinski definition) is 2. The van der Waals surface area contributed by atoms with Gasteiger partial charge in [0, 0.05) is 30.5 Å². The Morgan fingerprint density at radius 2 is 1.85 bits per heavy atom. The smallest absolute Gasteiger partial charge is 0.350 e. The number of likely N-dealkylation sites (N-methyl/N-ethyl adjacent to an activating group) is 1. The zero-order chi connectivity index (χ0) is 19.4. The summed E-state index contributed by atoms with van der Waals surface area (Å²) < 4.78 is 4.78. The quantitative estimate of drug-likeness (QED) is 0.378. The van der Waals surface area contributed by atoms with E-state index in [2.05, 4.69) is 29.4 Å². The first-order chi connectivity index (χ1) is 12.5. The monoisotopic (exact) mass is 358 g/mol. The first-order valence-corrected chi connectivity index (χ1v) is 8.70. The average Bonchev–Trinajstić information content (AvgIpc) is 2.66. The topological polar surface area (TPSA) is 94.5 Å². The molecule has 7 heteroatoms. The Kier molecular flexibility index (Phi) is 9.50. The summed E-state index contributed by atoms with van der Waals surface area (Å²) in [7, 11) is 0. The molecule has 1 aromatic rings. The van der Waals surface area contributed by atoms with Crippen molar-refractivity contribution in [2.24, 2.45) is 0 Å². The minimum atomic E-state index is -0.674. The summed E-state index contributed by atoms with van der Waals surface area (Å²) in [6.45, 7) is 9.37. The van der Waals surface area contributed by atoms with Crippen LogP contribution in [0.3, 0.4) is 0 Å². The molecule has 0 aliphatic heterocycles. The molecule has 0 aliphatic carbocycles. The Hall–Kier alpha value is -2.85. The van der Waals surface area contributed by atoms with E-state index in [1.165, 1.54) is 6.20 Å². The molecule has 7 nitrogen and oxygen atoms in total. The molecule has 0 radical (unpaired) electrons. The van der Waals surface area contributed by atoms with Crippen LogP contribution in [0.25, 0.3) is 0 Å². The van der Waals surface area contributed by atoms with Crippen LogP contribution in [0.15, 0.2) is 36.0 Å². The molecule has 0 atom stereocenters. The van der Waals surface area contributed by atoms with Gasteiger partial charge in [-0.2, -0.15) is 5.26 Å². The van der Waals surface area contributed by atoms with E-state index in [4.69, 9.17) is 10.00 Å². The van der Waals surface area contributed by atoms with Gasteiger partial charge in [0.15, 0.2) is 5.57 Å². The Morgan fingerprint density at radius 1 is 1.19 bits per heavy atom. The second-order valence-corrected chi connectivity index (χ2v) is 5.39. The van der Waals surface area contributed by atoms with Crippen LogP contribution in [-0.2, 0) is 9.53 Å². The predicted octanol–water partition coefficient (Wildman–Crippen LogP) is 2.14. The van der Waals surface area contributed by atoms with Crippen molar-refractivity contribution >= 4 is 17.6 Å². The van der Waals surface area contributed by atoms with Crippen LogP contribution in [0.4, 0.5) is 5.69 Å². The molecule has 0 saturated heterocycles. The Balaban J connectivity index is 2.58. The first-order valence-electron chi connectivity index (χ1n) is 8.70. The third-order valence-corrected chi connectivity index (χ3v) is 3.75. The van der Waals surface area contributed by atoms with E-state index < -0.39 is 5.97 Å². The number of nitrogens with zero attached hydrogens (tertiary/aromatic N) is 2. The SMILES string of the molecule is CCOC(=O)/C(C#N)=C/Nc1ccc(C(=O)NCCN(CC)CC)cc1. The maximum Gasteiger partial charge on any atom is 0.350 e. The molecule has 0 aromatic heterocycles. The van der Waals surface area contributed by atoms with E-state index in [9.17, 15) is 9.59 Å². The lowest BCUT2D eigenvalue weighted by molar-refractivity contribution is -0.138. The van der Waals surface area contributed by atoms with Gasteiger partial charge in [0.25, 0.3) is 5.91 Å². The third kappa shape index (κ3) is 6.95. The highest BCUT2D eigenvalue weighted by atomic mass is 16.5. The fourth-order valence-electron chi connectivity index (χ4n) is 2.19. The van der Waals surface area contributed by atoms with Crippen LogP contribution in [0, 0.1) is 11.3 Å². The van der Waals surface area contributed by atoms with Crippen molar-refractivity contribution in [2.75, 3.05) is 38.1 Å². The highest BCUT2D eigenvalue weighted by Gasteiger charge is 2.09. The van der Waals surface area contributed by atoms with Crippen molar-refractivity contribution in [2.45, 2.75) is 20.8 Å². The van der Waals surface area contributed by atoms with Gasteiger partial charge >= 0.3 is 5.97 Å². The van der Waals surface area contributed by atoms with E-state index in [1.807, 2.05) is 0 Å². The van der Waals surface area contributed by atoms with Crippen molar-refractivity contribution in [1.29, 1.82) is 5.26 Å². The number of anilines is 1. The Morgan fingerprint density at radius 3 is 2.38 bits per heavy atom. The van der Waals surface area contributed by atoms with Crippen LogP contribution in [0.2, 0.25) is 0 Å². The first kappa shape index (κ1) is 21.2. The van der Waals surface area contributed by atoms with Gasteiger partial charge in [-0.25, -0.2) is 4.79 Å². The highest BCUT2D eigenvalue weighted by molar-refractivity contribution is 5.95. The van der Waals surface area contributed by atoms with Crippen LogP contribution in [-0.4, -0.2) is 49.6 Å². The lowest BCUT2D eigenvalue weighted by Crippen LogP contribution is -2.34. The van der Waals surface area contributed by atoms with Gasteiger partial charge in [-0.05, 0) is 44.3 Å². The molecule has 0 saturated carbocycles. The maximum absolute atomic E-state index is 12.1. The summed E-state index contributed by atoms with van der Waals surface area (Å²) in [4.78, 5) is 25.9. The molecule has 0 fully saturated rings. The van der Waals surface area contributed by atoms with Crippen LogP contribution in [0.1, 0.15) is 31.1 Å². The summed E-state index contributed by atoms with van der Waals surface area (Å²) in [5, 5.41) is 14.7. The summed E-state index contributed by atoms with van der Waals surface area (Å²) in [6.07, 6.45) is 1.29. The number of esters is 1. The molecular weight excluding hydrogens is 332 g/mol. The number of hydrogen-bond acceptors (Lipinski definition) is 6. The molecule has 2 N–H and O–H groups in total. The number of rotatable bonds is 10. The van der Waals surface area contributed by atoms with E-state index in [0.717, 1.165) is 19.6 Å². The molecule has 0 aliphatic rings. The number of benzene rings is 1. The summed E-state index contributed by atoms with van der Waals surface area (Å²) in [5.41, 5.74) is 1.08. The molecule has 1 aromatic carbocycles.